The normalized spacial score (nSPS) is 10.9. The molecule has 0 bridgehead atoms. The van der Waals surface area contributed by atoms with Crippen LogP contribution in [0.1, 0.15) is 11.1 Å². The highest BCUT2D eigenvalue weighted by Crippen LogP contribution is 2.27. The number of halogens is 1. The number of aromatic amines is 1. The van der Waals surface area contributed by atoms with Gasteiger partial charge in [0.1, 0.15) is 24.3 Å². The lowest BCUT2D eigenvalue weighted by atomic mass is 10.1. The van der Waals surface area contributed by atoms with Crippen LogP contribution in [0.15, 0.2) is 79.8 Å². The van der Waals surface area contributed by atoms with Gasteiger partial charge in [-0.3, -0.25) is 5.10 Å². The molecule has 0 saturated heterocycles. The topological polar surface area (TPSA) is 109 Å². The molecule has 3 N–H and O–H groups in total. The van der Waals surface area contributed by atoms with E-state index in [4.69, 9.17) is 0 Å². The summed E-state index contributed by atoms with van der Waals surface area (Å²) >= 11 is 0. The number of hydrogen-bond acceptors (Lipinski definition) is 7. The predicted molar refractivity (Wildman–Crippen MR) is 127 cm³/mol. The van der Waals surface area contributed by atoms with Gasteiger partial charge in [0.05, 0.1) is 12.7 Å². The van der Waals surface area contributed by atoms with Crippen LogP contribution in [0.5, 0.6) is 0 Å². The number of hydrogen-bond donors (Lipinski definition) is 3. The maximum Gasteiger partial charge on any atom is 0.229 e. The zero-order chi connectivity index (χ0) is 23.2. The molecule has 5 rings (SSSR count). The van der Waals surface area contributed by atoms with Crippen molar-refractivity contribution < 1.29 is 4.39 Å². The Bertz CT molecular complexity index is 1330. The fraction of sp³-hybridized carbons (Fsp3) is 0.125. The summed E-state index contributed by atoms with van der Waals surface area (Å²) < 4.78 is 15.2. The molecule has 0 spiro atoms. The summed E-state index contributed by atoms with van der Waals surface area (Å²) in [5, 5.41) is 17.6. The van der Waals surface area contributed by atoms with Gasteiger partial charge in [0, 0.05) is 35.8 Å². The molecule has 0 aliphatic rings. The van der Waals surface area contributed by atoms with E-state index in [1.54, 1.807) is 35.7 Å². The van der Waals surface area contributed by atoms with E-state index in [0.717, 1.165) is 27.9 Å². The van der Waals surface area contributed by atoms with E-state index in [1.165, 1.54) is 18.5 Å². The third-order valence-corrected chi connectivity index (χ3v) is 5.21. The van der Waals surface area contributed by atoms with Crippen LogP contribution in [-0.4, -0.2) is 41.5 Å². The van der Waals surface area contributed by atoms with E-state index < -0.39 is 0 Å². The molecule has 0 saturated carbocycles. The van der Waals surface area contributed by atoms with Gasteiger partial charge in [-0.15, -0.1) is 0 Å². The van der Waals surface area contributed by atoms with E-state index in [9.17, 15) is 4.39 Å². The SMILES string of the molecule is Fc1cccc(CCNc2nc(Nc3ccc(Cn4cncn4)cc3)ncc2-c2cn[nH]c2)c1. The molecular formula is C24H22FN9. The van der Waals surface area contributed by atoms with Crippen molar-refractivity contribution in [1.29, 1.82) is 0 Å². The minimum absolute atomic E-state index is 0.239. The lowest BCUT2D eigenvalue weighted by Crippen LogP contribution is -2.09. The van der Waals surface area contributed by atoms with Crippen molar-refractivity contribution in [2.24, 2.45) is 0 Å². The average molecular weight is 456 g/mol. The standard InChI is InChI=1S/C24H22FN9/c25-20-3-1-2-17(10-20)8-9-27-23-22(19-11-29-30-12-19)13-28-24(33-23)32-21-6-4-18(5-7-21)14-34-16-26-15-31-34/h1-7,10-13,15-16H,8-9,14H2,(H,29,30)(H2,27,28,32,33). The van der Waals surface area contributed by atoms with E-state index in [0.29, 0.717) is 31.3 Å². The Balaban J connectivity index is 1.30. The van der Waals surface area contributed by atoms with Crippen LogP contribution in [0.2, 0.25) is 0 Å². The van der Waals surface area contributed by atoms with Gasteiger partial charge in [-0.1, -0.05) is 24.3 Å². The van der Waals surface area contributed by atoms with E-state index in [-0.39, 0.29) is 5.82 Å². The maximum absolute atomic E-state index is 13.5. The summed E-state index contributed by atoms with van der Waals surface area (Å²) in [5.41, 5.74) is 4.57. The van der Waals surface area contributed by atoms with Gasteiger partial charge < -0.3 is 10.6 Å². The Morgan fingerprint density at radius 3 is 2.71 bits per heavy atom. The van der Waals surface area contributed by atoms with Gasteiger partial charge in [-0.25, -0.2) is 19.0 Å². The molecule has 170 valence electrons. The highest BCUT2D eigenvalue weighted by molar-refractivity contribution is 5.74. The second kappa shape index (κ2) is 9.90. The molecule has 10 heteroatoms. The number of aromatic nitrogens is 7. The molecule has 34 heavy (non-hydrogen) atoms. The van der Waals surface area contributed by atoms with Gasteiger partial charge in [0.15, 0.2) is 0 Å². The third-order valence-electron chi connectivity index (χ3n) is 5.21. The Labute approximate surface area is 195 Å². The summed E-state index contributed by atoms with van der Waals surface area (Å²) in [6, 6.07) is 14.6. The summed E-state index contributed by atoms with van der Waals surface area (Å²) in [7, 11) is 0. The molecule has 0 atom stereocenters. The van der Waals surface area contributed by atoms with E-state index in [2.05, 4.69) is 40.9 Å². The number of H-pyrrole nitrogens is 1. The van der Waals surface area contributed by atoms with Crippen molar-refractivity contribution >= 4 is 17.5 Å². The summed E-state index contributed by atoms with van der Waals surface area (Å²) in [6.45, 7) is 1.23. The highest BCUT2D eigenvalue weighted by Gasteiger charge is 2.11. The largest absolute Gasteiger partial charge is 0.369 e. The van der Waals surface area contributed by atoms with Crippen molar-refractivity contribution in [2.75, 3.05) is 17.2 Å². The van der Waals surface area contributed by atoms with Gasteiger partial charge in [-0.2, -0.15) is 15.2 Å². The van der Waals surface area contributed by atoms with Crippen LogP contribution in [0.4, 0.5) is 21.8 Å². The first-order valence-electron chi connectivity index (χ1n) is 10.8. The molecule has 0 aliphatic heterocycles. The zero-order valence-corrected chi connectivity index (χ0v) is 18.2. The zero-order valence-electron chi connectivity index (χ0n) is 18.2. The molecule has 5 aromatic rings. The Morgan fingerprint density at radius 1 is 1.03 bits per heavy atom. The van der Waals surface area contributed by atoms with Gasteiger partial charge in [0.25, 0.3) is 0 Å². The Hall–Kier alpha value is -4.60. The van der Waals surface area contributed by atoms with Crippen LogP contribution in [0.25, 0.3) is 11.1 Å². The number of nitrogens with zero attached hydrogens (tertiary/aromatic N) is 6. The van der Waals surface area contributed by atoms with Gasteiger partial charge in [0.2, 0.25) is 5.95 Å². The molecule has 0 fully saturated rings. The maximum atomic E-state index is 13.5. The van der Waals surface area contributed by atoms with Gasteiger partial charge >= 0.3 is 0 Å². The van der Waals surface area contributed by atoms with Crippen LogP contribution >= 0.6 is 0 Å². The first-order chi connectivity index (χ1) is 16.7. The summed E-state index contributed by atoms with van der Waals surface area (Å²) in [4.78, 5) is 13.1. The lowest BCUT2D eigenvalue weighted by molar-refractivity contribution is 0.625. The minimum Gasteiger partial charge on any atom is -0.369 e. The van der Waals surface area contributed by atoms with Crippen molar-refractivity contribution in [3.8, 4) is 11.1 Å². The average Bonchev–Trinajstić information content (AvgIpc) is 3.55. The molecule has 0 radical (unpaired) electrons. The van der Waals surface area contributed by atoms with E-state index in [1.807, 2.05) is 30.3 Å². The second-order valence-electron chi connectivity index (χ2n) is 7.66. The quantitative estimate of drug-likeness (QED) is 0.308. The lowest BCUT2D eigenvalue weighted by Gasteiger charge is -2.13. The van der Waals surface area contributed by atoms with Crippen LogP contribution in [0, 0.1) is 5.82 Å². The molecular weight excluding hydrogens is 433 g/mol. The Kier molecular flexibility index (Phi) is 6.19. The molecule has 3 heterocycles. The van der Waals surface area contributed by atoms with Crippen molar-refractivity contribution in [2.45, 2.75) is 13.0 Å². The number of nitrogens with one attached hydrogen (secondary N) is 3. The van der Waals surface area contributed by atoms with Crippen LogP contribution in [0.3, 0.4) is 0 Å². The predicted octanol–water partition coefficient (Wildman–Crippen LogP) is 4.04. The molecule has 0 unspecified atom stereocenters. The smallest absolute Gasteiger partial charge is 0.229 e. The van der Waals surface area contributed by atoms with Gasteiger partial charge in [-0.05, 0) is 41.8 Å². The minimum atomic E-state index is -0.239. The number of rotatable bonds is 9. The number of benzene rings is 2. The fourth-order valence-corrected chi connectivity index (χ4v) is 3.53. The first-order valence-corrected chi connectivity index (χ1v) is 10.8. The molecule has 9 nitrogen and oxygen atoms in total. The Morgan fingerprint density at radius 2 is 1.94 bits per heavy atom. The molecule has 2 aromatic carbocycles. The number of anilines is 3. The van der Waals surface area contributed by atoms with Crippen LogP contribution < -0.4 is 10.6 Å². The second-order valence-corrected chi connectivity index (χ2v) is 7.66. The molecule has 0 amide bonds. The highest BCUT2D eigenvalue weighted by atomic mass is 19.1. The van der Waals surface area contributed by atoms with E-state index >= 15 is 0 Å². The summed E-state index contributed by atoms with van der Waals surface area (Å²) in [5.74, 6) is 0.889. The monoisotopic (exact) mass is 455 g/mol. The molecule has 3 aromatic heterocycles. The molecule has 0 aliphatic carbocycles. The van der Waals surface area contributed by atoms with Crippen LogP contribution in [-0.2, 0) is 13.0 Å². The van der Waals surface area contributed by atoms with Crippen molar-refractivity contribution in [1.82, 2.24) is 34.9 Å². The fourth-order valence-electron chi connectivity index (χ4n) is 3.53. The summed E-state index contributed by atoms with van der Waals surface area (Å²) in [6.07, 6.45) is 9.12. The first kappa shape index (κ1) is 21.3. The van der Waals surface area contributed by atoms with Crippen molar-refractivity contribution in [3.05, 3.63) is 96.7 Å². The third kappa shape index (κ3) is 5.23. The van der Waals surface area contributed by atoms with Crippen molar-refractivity contribution in [3.63, 3.8) is 0 Å².